The first-order valence-electron chi connectivity index (χ1n) is 6.99. The third kappa shape index (κ3) is 3.54. The molecule has 0 bridgehead atoms. The molecule has 3 heteroatoms. The van der Waals surface area contributed by atoms with Gasteiger partial charge in [-0.05, 0) is 25.3 Å². The van der Waals surface area contributed by atoms with Crippen LogP contribution in [0, 0.1) is 0 Å². The summed E-state index contributed by atoms with van der Waals surface area (Å²) in [5.41, 5.74) is 2.34. The minimum Gasteiger partial charge on any atom is -0.461 e. The van der Waals surface area contributed by atoms with Crippen LogP contribution in [0.4, 0.5) is 0 Å². The summed E-state index contributed by atoms with van der Waals surface area (Å²) in [5, 5.41) is 5.52. The zero-order valence-electron chi connectivity index (χ0n) is 12.0. The highest BCUT2D eigenvalue weighted by Gasteiger charge is 2.11. The Hall–Kier alpha value is -0.930. The van der Waals surface area contributed by atoms with Gasteiger partial charge in [0.05, 0.1) is 0 Å². The van der Waals surface area contributed by atoms with Gasteiger partial charge < -0.3 is 9.73 Å². The van der Waals surface area contributed by atoms with Gasteiger partial charge in [0.1, 0.15) is 11.3 Å². The molecule has 1 aromatic heterocycles. The van der Waals surface area contributed by atoms with Crippen LogP contribution in [0.1, 0.15) is 31.6 Å². The van der Waals surface area contributed by atoms with Crippen molar-refractivity contribution in [3.8, 4) is 0 Å². The number of hydrogen-bond acceptors (Lipinski definition) is 3. The predicted octanol–water partition coefficient (Wildman–Crippen LogP) is 4.23. The molecule has 0 saturated heterocycles. The van der Waals surface area contributed by atoms with E-state index in [1.54, 1.807) is 0 Å². The SMILES string of the molecule is CCc1oc2ccccc2c1CNCCC(C)SC. The molecular formula is C16H23NOS. The molecule has 0 amide bonds. The van der Waals surface area contributed by atoms with Crippen molar-refractivity contribution in [2.24, 2.45) is 0 Å². The van der Waals surface area contributed by atoms with E-state index < -0.39 is 0 Å². The van der Waals surface area contributed by atoms with Crippen LogP contribution in [0.2, 0.25) is 0 Å². The molecule has 0 fully saturated rings. The van der Waals surface area contributed by atoms with Gasteiger partial charge in [-0.15, -0.1) is 0 Å². The molecule has 0 aliphatic heterocycles. The van der Waals surface area contributed by atoms with Gasteiger partial charge in [0.25, 0.3) is 0 Å². The summed E-state index contributed by atoms with van der Waals surface area (Å²) in [4.78, 5) is 0. The van der Waals surface area contributed by atoms with Gasteiger partial charge in [-0.25, -0.2) is 0 Å². The van der Waals surface area contributed by atoms with Crippen molar-refractivity contribution in [3.63, 3.8) is 0 Å². The first-order valence-corrected chi connectivity index (χ1v) is 8.27. The van der Waals surface area contributed by atoms with E-state index in [0.717, 1.165) is 36.1 Å². The molecule has 0 radical (unpaired) electrons. The highest BCUT2D eigenvalue weighted by Crippen LogP contribution is 2.26. The molecule has 2 rings (SSSR count). The number of furan rings is 1. The summed E-state index contributed by atoms with van der Waals surface area (Å²) in [6.45, 7) is 6.39. The third-order valence-electron chi connectivity index (χ3n) is 3.53. The highest BCUT2D eigenvalue weighted by atomic mass is 32.2. The fourth-order valence-corrected chi connectivity index (χ4v) is 2.62. The molecule has 1 N–H and O–H groups in total. The molecule has 2 aromatic rings. The van der Waals surface area contributed by atoms with Crippen LogP contribution in [0.15, 0.2) is 28.7 Å². The minimum atomic E-state index is 0.722. The number of thioether (sulfide) groups is 1. The average molecular weight is 277 g/mol. The molecule has 1 heterocycles. The molecular weight excluding hydrogens is 254 g/mol. The second kappa shape index (κ2) is 7.01. The number of hydrogen-bond donors (Lipinski definition) is 1. The average Bonchev–Trinajstić information content (AvgIpc) is 2.81. The monoisotopic (exact) mass is 277 g/mol. The van der Waals surface area contributed by atoms with Crippen molar-refractivity contribution in [2.45, 2.75) is 38.5 Å². The van der Waals surface area contributed by atoms with E-state index in [1.165, 1.54) is 17.4 Å². The molecule has 2 nitrogen and oxygen atoms in total. The fourth-order valence-electron chi connectivity index (χ4n) is 2.27. The second-order valence-electron chi connectivity index (χ2n) is 4.87. The smallest absolute Gasteiger partial charge is 0.134 e. The maximum absolute atomic E-state index is 5.90. The normalized spacial score (nSPS) is 13.0. The molecule has 19 heavy (non-hydrogen) atoms. The number of para-hydroxylation sites is 1. The fraction of sp³-hybridized carbons (Fsp3) is 0.500. The minimum absolute atomic E-state index is 0.722. The lowest BCUT2D eigenvalue weighted by Gasteiger charge is -2.09. The lowest BCUT2D eigenvalue weighted by Crippen LogP contribution is -2.18. The number of nitrogens with one attached hydrogen (secondary N) is 1. The summed E-state index contributed by atoms with van der Waals surface area (Å²) >= 11 is 1.92. The van der Waals surface area contributed by atoms with E-state index >= 15 is 0 Å². The lowest BCUT2D eigenvalue weighted by atomic mass is 10.1. The Labute approximate surface area is 119 Å². The van der Waals surface area contributed by atoms with Gasteiger partial charge in [-0.3, -0.25) is 0 Å². The zero-order valence-corrected chi connectivity index (χ0v) is 12.8. The van der Waals surface area contributed by atoms with E-state index in [2.05, 4.69) is 37.6 Å². The Balaban J connectivity index is 2.03. The Bertz CT molecular complexity index is 520. The van der Waals surface area contributed by atoms with Gasteiger partial charge in [0.15, 0.2) is 0 Å². The van der Waals surface area contributed by atoms with Crippen molar-refractivity contribution in [1.82, 2.24) is 5.32 Å². The van der Waals surface area contributed by atoms with E-state index in [4.69, 9.17) is 4.42 Å². The van der Waals surface area contributed by atoms with Crippen LogP contribution in [-0.2, 0) is 13.0 Å². The molecule has 104 valence electrons. The van der Waals surface area contributed by atoms with Crippen LogP contribution in [0.5, 0.6) is 0 Å². The summed E-state index contributed by atoms with van der Waals surface area (Å²) in [6, 6.07) is 8.31. The largest absolute Gasteiger partial charge is 0.461 e. The Morgan fingerprint density at radius 3 is 2.84 bits per heavy atom. The van der Waals surface area contributed by atoms with Gasteiger partial charge in [-0.1, -0.05) is 32.0 Å². The van der Waals surface area contributed by atoms with Crippen molar-refractivity contribution in [1.29, 1.82) is 0 Å². The number of rotatable bonds is 7. The third-order valence-corrected chi connectivity index (χ3v) is 4.58. The molecule has 0 spiro atoms. The number of benzene rings is 1. The maximum atomic E-state index is 5.90. The Morgan fingerprint density at radius 2 is 2.11 bits per heavy atom. The molecule has 1 aromatic carbocycles. The van der Waals surface area contributed by atoms with Crippen LogP contribution in [0.25, 0.3) is 11.0 Å². The number of fused-ring (bicyclic) bond motifs is 1. The molecule has 0 aliphatic rings. The van der Waals surface area contributed by atoms with Crippen molar-refractivity contribution in [2.75, 3.05) is 12.8 Å². The van der Waals surface area contributed by atoms with Crippen LogP contribution < -0.4 is 5.32 Å². The first-order chi connectivity index (χ1) is 9.26. The first kappa shape index (κ1) is 14.5. The standard InChI is InChI=1S/C16H23NOS/c1-4-15-14(11-17-10-9-12(2)19-3)13-7-5-6-8-16(13)18-15/h5-8,12,17H,4,9-11H2,1-3H3. The number of aryl methyl sites for hydroxylation is 1. The summed E-state index contributed by atoms with van der Waals surface area (Å²) in [6.07, 6.45) is 4.33. The Kier molecular flexibility index (Phi) is 5.34. The molecule has 1 atom stereocenters. The van der Waals surface area contributed by atoms with E-state index in [9.17, 15) is 0 Å². The topological polar surface area (TPSA) is 25.2 Å². The second-order valence-corrected chi connectivity index (χ2v) is 6.14. The van der Waals surface area contributed by atoms with Crippen molar-refractivity contribution in [3.05, 3.63) is 35.6 Å². The van der Waals surface area contributed by atoms with Crippen LogP contribution in [-0.4, -0.2) is 18.1 Å². The van der Waals surface area contributed by atoms with E-state index in [1.807, 2.05) is 23.9 Å². The summed E-state index contributed by atoms with van der Waals surface area (Å²) in [5.74, 6) is 1.12. The van der Waals surface area contributed by atoms with Crippen LogP contribution >= 0.6 is 11.8 Å². The van der Waals surface area contributed by atoms with Gasteiger partial charge >= 0.3 is 0 Å². The van der Waals surface area contributed by atoms with Gasteiger partial charge in [0, 0.05) is 29.2 Å². The van der Waals surface area contributed by atoms with E-state index in [-0.39, 0.29) is 0 Å². The summed E-state index contributed by atoms with van der Waals surface area (Å²) in [7, 11) is 0. The quantitative estimate of drug-likeness (QED) is 0.767. The maximum Gasteiger partial charge on any atom is 0.134 e. The summed E-state index contributed by atoms with van der Waals surface area (Å²) < 4.78 is 5.90. The molecule has 0 saturated carbocycles. The zero-order chi connectivity index (χ0) is 13.7. The van der Waals surface area contributed by atoms with E-state index in [0.29, 0.717) is 0 Å². The van der Waals surface area contributed by atoms with Crippen molar-refractivity contribution < 1.29 is 4.42 Å². The predicted molar refractivity (Wildman–Crippen MR) is 84.9 cm³/mol. The van der Waals surface area contributed by atoms with Crippen LogP contribution in [0.3, 0.4) is 0 Å². The Morgan fingerprint density at radius 1 is 1.32 bits per heavy atom. The van der Waals surface area contributed by atoms with Gasteiger partial charge in [-0.2, -0.15) is 11.8 Å². The molecule has 0 aliphatic carbocycles. The lowest BCUT2D eigenvalue weighted by molar-refractivity contribution is 0.543. The van der Waals surface area contributed by atoms with Crippen molar-refractivity contribution >= 4 is 22.7 Å². The highest BCUT2D eigenvalue weighted by molar-refractivity contribution is 7.99. The van der Waals surface area contributed by atoms with Gasteiger partial charge in [0.2, 0.25) is 0 Å². The molecule has 1 unspecified atom stereocenters.